The van der Waals surface area contributed by atoms with Gasteiger partial charge in [-0.3, -0.25) is 0 Å². The van der Waals surface area contributed by atoms with Crippen LogP contribution in [0.25, 0.3) is 0 Å². The molecule has 1 N–H and O–H groups in total. The second-order valence-corrected chi connectivity index (χ2v) is 6.18. The van der Waals surface area contributed by atoms with Crippen molar-refractivity contribution in [2.75, 3.05) is 6.54 Å². The van der Waals surface area contributed by atoms with Gasteiger partial charge >= 0.3 is 0 Å². The van der Waals surface area contributed by atoms with Gasteiger partial charge in [-0.05, 0) is 67.1 Å². The zero-order valence-electron chi connectivity index (χ0n) is 11.9. The third kappa shape index (κ3) is 3.84. The fourth-order valence-electron chi connectivity index (χ4n) is 2.86. The molecule has 0 amide bonds. The van der Waals surface area contributed by atoms with Gasteiger partial charge in [-0.2, -0.15) is 0 Å². The first-order valence-electron chi connectivity index (χ1n) is 7.44. The van der Waals surface area contributed by atoms with Crippen LogP contribution in [0.1, 0.15) is 29.9 Å². The molecule has 0 saturated heterocycles. The Morgan fingerprint density at radius 2 is 1.67 bits per heavy atom. The van der Waals surface area contributed by atoms with E-state index in [1.807, 2.05) is 24.3 Å². The first-order valence-corrected chi connectivity index (χ1v) is 7.82. The zero-order chi connectivity index (χ0) is 14.7. The Morgan fingerprint density at radius 3 is 2.33 bits per heavy atom. The van der Waals surface area contributed by atoms with Gasteiger partial charge in [0.15, 0.2) is 0 Å². The summed E-state index contributed by atoms with van der Waals surface area (Å²) in [5.41, 5.74) is 2.56. The van der Waals surface area contributed by atoms with Gasteiger partial charge in [0.05, 0.1) is 0 Å². The fraction of sp³-hybridized carbons (Fsp3) is 0.333. The number of benzene rings is 2. The van der Waals surface area contributed by atoms with E-state index in [0.29, 0.717) is 12.0 Å². The minimum atomic E-state index is -0.170. The Bertz CT molecular complexity index is 573. The third-order valence-corrected chi connectivity index (χ3v) is 4.49. The molecule has 0 aliphatic heterocycles. The normalized spacial score (nSPS) is 21.0. The Hall–Kier alpha value is -1.38. The van der Waals surface area contributed by atoms with Gasteiger partial charge in [-0.1, -0.05) is 35.9 Å². The second-order valence-electron chi connectivity index (χ2n) is 5.75. The number of hydrogen-bond donors (Lipinski definition) is 1. The average Bonchev–Trinajstić information content (AvgIpc) is 2.45. The van der Waals surface area contributed by atoms with Crippen molar-refractivity contribution in [3.63, 3.8) is 0 Å². The molecule has 1 saturated carbocycles. The number of hydrogen-bond acceptors (Lipinski definition) is 1. The van der Waals surface area contributed by atoms with Crippen molar-refractivity contribution >= 4 is 11.6 Å². The number of halogens is 2. The molecule has 0 heterocycles. The zero-order valence-corrected chi connectivity index (χ0v) is 12.6. The van der Waals surface area contributed by atoms with Crippen LogP contribution in [0.2, 0.25) is 5.02 Å². The largest absolute Gasteiger partial charge is 0.314 e. The van der Waals surface area contributed by atoms with E-state index in [2.05, 4.69) is 17.4 Å². The standard InChI is InChI=1S/C18H19ClFN/c19-16-5-3-14(4-6-16)15-11-18(12-15)21-10-9-13-1-7-17(20)8-2-13/h1-8,15,18,21H,9-12H2. The van der Waals surface area contributed by atoms with Crippen LogP contribution in [0.4, 0.5) is 4.39 Å². The molecule has 1 aliphatic rings. The van der Waals surface area contributed by atoms with E-state index >= 15 is 0 Å². The van der Waals surface area contributed by atoms with Crippen molar-refractivity contribution in [1.82, 2.24) is 5.32 Å². The van der Waals surface area contributed by atoms with Gasteiger partial charge < -0.3 is 5.32 Å². The van der Waals surface area contributed by atoms with Crippen molar-refractivity contribution in [2.24, 2.45) is 0 Å². The smallest absolute Gasteiger partial charge is 0.123 e. The molecule has 1 aliphatic carbocycles. The van der Waals surface area contributed by atoms with Gasteiger partial charge in [0.25, 0.3) is 0 Å². The summed E-state index contributed by atoms with van der Waals surface area (Å²) in [6.45, 7) is 0.948. The highest BCUT2D eigenvalue weighted by atomic mass is 35.5. The summed E-state index contributed by atoms with van der Waals surface area (Å²) in [5.74, 6) is 0.488. The summed E-state index contributed by atoms with van der Waals surface area (Å²) >= 11 is 5.91. The van der Waals surface area contributed by atoms with E-state index in [9.17, 15) is 4.39 Å². The lowest BCUT2D eigenvalue weighted by Gasteiger charge is -2.36. The van der Waals surface area contributed by atoms with Crippen molar-refractivity contribution in [1.29, 1.82) is 0 Å². The van der Waals surface area contributed by atoms with Crippen LogP contribution in [0, 0.1) is 5.82 Å². The van der Waals surface area contributed by atoms with Gasteiger partial charge in [0, 0.05) is 11.1 Å². The van der Waals surface area contributed by atoms with Gasteiger partial charge in [0.2, 0.25) is 0 Å². The SMILES string of the molecule is Fc1ccc(CCNC2CC(c3ccc(Cl)cc3)C2)cc1. The van der Waals surface area contributed by atoms with Crippen molar-refractivity contribution in [2.45, 2.75) is 31.2 Å². The molecule has 21 heavy (non-hydrogen) atoms. The van der Waals surface area contributed by atoms with Crippen molar-refractivity contribution in [3.05, 3.63) is 70.5 Å². The maximum atomic E-state index is 12.8. The molecule has 0 atom stereocenters. The highest BCUT2D eigenvalue weighted by molar-refractivity contribution is 6.30. The third-order valence-electron chi connectivity index (χ3n) is 4.24. The van der Waals surface area contributed by atoms with Gasteiger partial charge in [-0.15, -0.1) is 0 Å². The fourth-order valence-corrected chi connectivity index (χ4v) is 2.99. The Morgan fingerprint density at radius 1 is 1.00 bits per heavy atom. The van der Waals surface area contributed by atoms with E-state index in [4.69, 9.17) is 11.6 Å². The molecule has 2 aromatic carbocycles. The Kier molecular flexibility index (Phi) is 4.57. The lowest BCUT2D eigenvalue weighted by atomic mass is 9.76. The average molecular weight is 304 g/mol. The lowest BCUT2D eigenvalue weighted by Crippen LogP contribution is -2.40. The van der Waals surface area contributed by atoms with Gasteiger partial charge in [0.1, 0.15) is 5.82 Å². The monoisotopic (exact) mass is 303 g/mol. The molecule has 0 spiro atoms. The molecular weight excluding hydrogens is 285 g/mol. The summed E-state index contributed by atoms with van der Waals surface area (Å²) in [5, 5.41) is 4.37. The Labute approximate surface area is 130 Å². The molecule has 3 rings (SSSR count). The highest BCUT2D eigenvalue weighted by Gasteiger charge is 2.29. The van der Waals surface area contributed by atoms with Crippen LogP contribution in [-0.4, -0.2) is 12.6 Å². The molecular formula is C18H19ClFN. The maximum Gasteiger partial charge on any atom is 0.123 e. The van der Waals surface area contributed by atoms with Crippen molar-refractivity contribution in [3.8, 4) is 0 Å². The summed E-state index contributed by atoms with van der Waals surface area (Å²) in [4.78, 5) is 0. The first kappa shape index (κ1) is 14.6. The predicted octanol–water partition coefficient (Wildman–Crippen LogP) is 4.56. The minimum Gasteiger partial charge on any atom is -0.314 e. The molecule has 3 heteroatoms. The Balaban J connectivity index is 1.39. The molecule has 1 nitrogen and oxygen atoms in total. The first-order chi connectivity index (χ1) is 10.2. The molecule has 2 aromatic rings. The molecule has 1 fully saturated rings. The maximum absolute atomic E-state index is 12.8. The number of nitrogens with one attached hydrogen (secondary N) is 1. The number of rotatable bonds is 5. The van der Waals surface area contributed by atoms with Crippen LogP contribution >= 0.6 is 11.6 Å². The van der Waals surface area contributed by atoms with Crippen LogP contribution < -0.4 is 5.32 Å². The van der Waals surface area contributed by atoms with E-state index < -0.39 is 0 Å². The summed E-state index contributed by atoms with van der Waals surface area (Å²) in [7, 11) is 0. The molecule has 110 valence electrons. The molecule has 0 aromatic heterocycles. The molecule has 0 radical (unpaired) electrons. The van der Waals surface area contributed by atoms with Gasteiger partial charge in [-0.25, -0.2) is 4.39 Å². The summed E-state index contributed by atoms with van der Waals surface area (Å²) < 4.78 is 12.8. The quantitative estimate of drug-likeness (QED) is 0.854. The van der Waals surface area contributed by atoms with E-state index in [0.717, 1.165) is 18.0 Å². The van der Waals surface area contributed by atoms with E-state index in [-0.39, 0.29) is 5.82 Å². The topological polar surface area (TPSA) is 12.0 Å². The predicted molar refractivity (Wildman–Crippen MR) is 85.3 cm³/mol. The van der Waals surface area contributed by atoms with E-state index in [1.165, 1.54) is 36.1 Å². The van der Waals surface area contributed by atoms with Crippen LogP contribution in [0.15, 0.2) is 48.5 Å². The second kappa shape index (κ2) is 6.59. The van der Waals surface area contributed by atoms with Crippen LogP contribution in [0.5, 0.6) is 0 Å². The van der Waals surface area contributed by atoms with Crippen LogP contribution in [0.3, 0.4) is 0 Å². The van der Waals surface area contributed by atoms with Crippen molar-refractivity contribution < 1.29 is 4.39 Å². The minimum absolute atomic E-state index is 0.170. The lowest BCUT2D eigenvalue weighted by molar-refractivity contribution is 0.293. The highest BCUT2D eigenvalue weighted by Crippen LogP contribution is 2.37. The summed E-state index contributed by atoms with van der Waals surface area (Å²) in [6.07, 6.45) is 3.32. The molecule has 0 unspecified atom stereocenters. The van der Waals surface area contributed by atoms with Crippen LogP contribution in [-0.2, 0) is 6.42 Å². The molecule has 0 bridgehead atoms. The summed E-state index contributed by atoms with van der Waals surface area (Å²) in [6, 6.07) is 15.5. The van der Waals surface area contributed by atoms with E-state index in [1.54, 1.807) is 0 Å².